The van der Waals surface area contributed by atoms with Crippen LogP contribution in [0.1, 0.15) is 45.9 Å². The van der Waals surface area contributed by atoms with Gasteiger partial charge in [-0.25, -0.2) is 4.98 Å². The third-order valence-corrected chi connectivity index (χ3v) is 5.39. The van der Waals surface area contributed by atoms with E-state index in [0.717, 1.165) is 33.7 Å². The lowest BCUT2D eigenvalue weighted by atomic mass is 9.92. The van der Waals surface area contributed by atoms with Crippen LogP contribution < -0.4 is 10.6 Å². The highest BCUT2D eigenvalue weighted by Gasteiger charge is 2.20. The monoisotopic (exact) mass is 461 g/mol. The molecule has 178 valence electrons. The Bertz CT molecular complexity index is 1290. The molecule has 1 amide bonds. The van der Waals surface area contributed by atoms with Gasteiger partial charge in [-0.1, -0.05) is 38.1 Å². The Morgan fingerprint density at radius 2 is 1.79 bits per heavy atom. The van der Waals surface area contributed by atoms with Crippen molar-refractivity contribution in [1.82, 2.24) is 14.7 Å². The molecule has 4 rings (SSSR count). The molecule has 8 nitrogen and oxygen atoms in total. The van der Waals surface area contributed by atoms with Crippen LogP contribution in [0.2, 0.25) is 0 Å². The fraction of sp³-hybridized carbons (Fsp3) is 0.346. The van der Waals surface area contributed by atoms with Gasteiger partial charge in [0.1, 0.15) is 6.33 Å². The molecule has 4 aromatic rings. The molecule has 3 N–H and O–H groups in total. The number of rotatable bonds is 7. The molecular formula is C26H31N5O3. The van der Waals surface area contributed by atoms with Gasteiger partial charge in [0.25, 0.3) is 0 Å². The first kappa shape index (κ1) is 23.5. The van der Waals surface area contributed by atoms with Gasteiger partial charge in [-0.3, -0.25) is 14.7 Å². The fourth-order valence-electron chi connectivity index (χ4n) is 3.48. The van der Waals surface area contributed by atoms with Crippen molar-refractivity contribution in [2.75, 3.05) is 17.2 Å². The molecule has 2 aromatic heterocycles. The van der Waals surface area contributed by atoms with Crippen LogP contribution in [0.4, 0.5) is 11.6 Å². The molecule has 0 aliphatic carbocycles. The van der Waals surface area contributed by atoms with Gasteiger partial charge in [-0.15, -0.1) is 0 Å². The topological polar surface area (TPSA) is 105 Å². The van der Waals surface area contributed by atoms with Crippen molar-refractivity contribution in [1.29, 1.82) is 0 Å². The molecule has 34 heavy (non-hydrogen) atoms. The number of nitrogens with zero attached hydrogens (tertiary/aromatic N) is 3. The van der Waals surface area contributed by atoms with Crippen LogP contribution in [0.25, 0.3) is 16.7 Å². The lowest BCUT2D eigenvalue weighted by molar-refractivity contribution is -0.115. The van der Waals surface area contributed by atoms with Crippen LogP contribution in [-0.2, 0) is 16.6 Å². The third-order valence-electron chi connectivity index (χ3n) is 5.39. The first-order valence-electron chi connectivity index (χ1n) is 11.3. The maximum Gasteiger partial charge on any atom is 0.231 e. The summed E-state index contributed by atoms with van der Waals surface area (Å²) < 4.78 is 7.24. The number of carbonyl (C=O) groups is 1. The molecule has 0 fully saturated rings. The number of hydrogen-bond acceptors (Lipinski definition) is 6. The first-order chi connectivity index (χ1) is 16.0. The molecule has 2 aromatic carbocycles. The van der Waals surface area contributed by atoms with E-state index in [1.807, 2.05) is 67.8 Å². The van der Waals surface area contributed by atoms with E-state index in [2.05, 4.69) is 20.8 Å². The number of hydrogen-bond donors (Lipinski definition) is 3. The summed E-state index contributed by atoms with van der Waals surface area (Å²) >= 11 is 0. The quantitative estimate of drug-likeness (QED) is 0.369. The molecule has 0 radical (unpaired) electrons. The molecule has 0 unspecified atom stereocenters. The van der Waals surface area contributed by atoms with Crippen molar-refractivity contribution in [2.45, 2.75) is 52.1 Å². The summed E-state index contributed by atoms with van der Waals surface area (Å²) in [7, 11) is 0. The summed E-state index contributed by atoms with van der Waals surface area (Å²) in [4.78, 5) is 17.0. The predicted molar refractivity (Wildman–Crippen MR) is 133 cm³/mol. The smallest absolute Gasteiger partial charge is 0.231 e. The number of carbonyl (C=O) groups excluding carboxylic acids is 1. The SMILES string of the molecule is CC(C)(O)CNc1ccc2c(c1)ncn2-c1ccc(CC(=O)Nc2cc(C(C)(C)C)no2)cc1. The van der Waals surface area contributed by atoms with E-state index in [4.69, 9.17) is 4.52 Å². The summed E-state index contributed by atoms with van der Waals surface area (Å²) in [5.41, 5.74) is 4.42. The normalized spacial score (nSPS) is 12.2. The Morgan fingerprint density at radius 1 is 1.06 bits per heavy atom. The number of fused-ring (bicyclic) bond motifs is 1. The first-order valence-corrected chi connectivity index (χ1v) is 11.3. The summed E-state index contributed by atoms with van der Waals surface area (Å²) in [6.45, 7) is 10.1. The van der Waals surface area contributed by atoms with Crippen molar-refractivity contribution >= 4 is 28.5 Å². The maximum absolute atomic E-state index is 12.4. The molecule has 0 saturated carbocycles. The van der Waals surface area contributed by atoms with Crippen LogP contribution in [0.5, 0.6) is 0 Å². The minimum Gasteiger partial charge on any atom is -0.389 e. The summed E-state index contributed by atoms with van der Waals surface area (Å²) in [6, 6.07) is 15.5. The van der Waals surface area contributed by atoms with E-state index in [-0.39, 0.29) is 17.7 Å². The molecule has 0 aliphatic rings. The number of anilines is 2. The molecule has 0 saturated heterocycles. The summed E-state index contributed by atoms with van der Waals surface area (Å²) in [6.07, 6.45) is 2.01. The Labute approximate surface area is 199 Å². The van der Waals surface area contributed by atoms with E-state index >= 15 is 0 Å². The van der Waals surface area contributed by atoms with Crippen LogP contribution in [0.3, 0.4) is 0 Å². The highest BCUT2D eigenvalue weighted by molar-refractivity contribution is 5.91. The molecule has 8 heteroatoms. The number of aromatic nitrogens is 3. The van der Waals surface area contributed by atoms with Gasteiger partial charge in [0, 0.05) is 29.4 Å². The van der Waals surface area contributed by atoms with Crippen molar-refractivity contribution in [3.8, 4) is 5.69 Å². The van der Waals surface area contributed by atoms with Crippen molar-refractivity contribution in [3.63, 3.8) is 0 Å². The minimum absolute atomic E-state index is 0.145. The average molecular weight is 462 g/mol. The molecule has 0 spiro atoms. The van der Waals surface area contributed by atoms with Crippen LogP contribution in [-0.4, -0.2) is 37.9 Å². The van der Waals surface area contributed by atoms with E-state index in [1.54, 1.807) is 26.2 Å². The zero-order valence-electron chi connectivity index (χ0n) is 20.2. The van der Waals surface area contributed by atoms with E-state index in [0.29, 0.717) is 12.4 Å². The Hall–Kier alpha value is -3.65. The van der Waals surface area contributed by atoms with Gasteiger partial charge < -0.3 is 14.9 Å². The highest BCUT2D eigenvalue weighted by Crippen LogP contribution is 2.24. The zero-order valence-corrected chi connectivity index (χ0v) is 20.2. The minimum atomic E-state index is -0.794. The van der Waals surface area contributed by atoms with Gasteiger partial charge >= 0.3 is 0 Å². The molecule has 0 aliphatic heterocycles. The number of amides is 1. The van der Waals surface area contributed by atoms with Crippen LogP contribution in [0, 0.1) is 0 Å². The Morgan fingerprint density at radius 3 is 2.44 bits per heavy atom. The number of benzene rings is 2. The second-order valence-corrected chi connectivity index (χ2v) is 10.2. The maximum atomic E-state index is 12.4. The largest absolute Gasteiger partial charge is 0.389 e. The van der Waals surface area contributed by atoms with E-state index in [1.165, 1.54) is 0 Å². The second-order valence-electron chi connectivity index (χ2n) is 10.2. The Kier molecular flexibility index (Phi) is 6.18. The highest BCUT2D eigenvalue weighted by atomic mass is 16.5. The van der Waals surface area contributed by atoms with Crippen LogP contribution >= 0.6 is 0 Å². The van der Waals surface area contributed by atoms with Crippen molar-refractivity contribution < 1.29 is 14.4 Å². The van der Waals surface area contributed by atoms with Gasteiger partial charge in [-0.2, -0.15) is 0 Å². The lowest BCUT2D eigenvalue weighted by Gasteiger charge is -2.18. The number of nitrogens with one attached hydrogen (secondary N) is 2. The fourth-order valence-corrected chi connectivity index (χ4v) is 3.48. The van der Waals surface area contributed by atoms with Crippen molar-refractivity contribution in [3.05, 3.63) is 66.1 Å². The molecule has 2 heterocycles. The Balaban J connectivity index is 1.42. The van der Waals surface area contributed by atoms with Gasteiger partial charge in [0.05, 0.1) is 28.7 Å². The van der Waals surface area contributed by atoms with E-state index < -0.39 is 5.60 Å². The summed E-state index contributed by atoms with van der Waals surface area (Å²) in [5.74, 6) is 0.191. The number of imidazole rings is 1. The van der Waals surface area contributed by atoms with Gasteiger partial charge in [-0.05, 0) is 49.7 Å². The average Bonchev–Trinajstić information content (AvgIpc) is 3.39. The lowest BCUT2D eigenvalue weighted by Crippen LogP contribution is -2.29. The van der Waals surface area contributed by atoms with E-state index in [9.17, 15) is 9.90 Å². The number of aliphatic hydroxyl groups is 1. The summed E-state index contributed by atoms with van der Waals surface area (Å²) in [5, 5.41) is 19.9. The predicted octanol–water partition coefficient (Wildman–Crippen LogP) is 4.68. The third kappa shape index (κ3) is 5.63. The van der Waals surface area contributed by atoms with Gasteiger partial charge in [0.2, 0.25) is 11.8 Å². The zero-order chi connectivity index (χ0) is 24.5. The van der Waals surface area contributed by atoms with Crippen LogP contribution in [0.15, 0.2) is 59.4 Å². The second kappa shape index (κ2) is 8.95. The molecule has 0 atom stereocenters. The molecule has 0 bridgehead atoms. The molecular weight excluding hydrogens is 430 g/mol. The van der Waals surface area contributed by atoms with Crippen molar-refractivity contribution in [2.24, 2.45) is 0 Å². The standard InChI is InChI=1S/C26H31N5O3/c1-25(2,3)22-14-24(34-30-22)29-23(32)12-17-6-9-19(10-7-17)31-16-28-20-13-18(8-11-21(20)31)27-15-26(4,5)33/h6-11,13-14,16,27,33H,12,15H2,1-5H3,(H,29,32). The van der Waals surface area contributed by atoms with Gasteiger partial charge in [0.15, 0.2) is 0 Å².